The van der Waals surface area contributed by atoms with Gasteiger partial charge in [-0.15, -0.1) is 0 Å². The Labute approximate surface area is 91.7 Å². The number of nitrogens with two attached hydrogens (primary N) is 1. The molecule has 0 saturated carbocycles. The van der Waals surface area contributed by atoms with E-state index in [1.807, 2.05) is 0 Å². The summed E-state index contributed by atoms with van der Waals surface area (Å²) >= 11 is 1.61. The number of nitrogens with zero attached hydrogens (tertiary/aromatic N) is 1. The number of hydrogen-bond acceptors (Lipinski definition) is 2. The first-order valence-electron chi connectivity index (χ1n) is 3.02. The van der Waals surface area contributed by atoms with Crippen molar-refractivity contribution in [3.8, 4) is 0 Å². The molecule has 0 spiro atoms. The summed E-state index contributed by atoms with van der Waals surface area (Å²) in [5, 5.41) is 8.33. The van der Waals surface area contributed by atoms with Gasteiger partial charge in [-0.1, -0.05) is 6.07 Å². The van der Waals surface area contributed by atoms with E-state index in [1.165, 1.54) is 0 Å². The van der Waals surface area contributed by atoms with Crippen LogP contribution in [0.15, 0.2) is 24.4 Å². The minimum atomic E-state index is -0.848. The number of halogens is 1. The van der Waals surface area contributed by atoms with Crippen molar-refractivity contribution in [2.24, 2.45) is 0 Å². The minimum absolute atomic E-state index is 0. The van der Waals surface area contributed by atoms with E-state index in [0.29, 0.717) is 5.69 Å². The second kappa shape index (κ2) is 9.64. The van der Waals surface area contributed by atoms with Crippen molar-refractivity contribution in [1.82, 2.24) is 4.98 Å². The van der Waals surface area contributed by atoms with Gasteiger partial charge in [0.25, 0.3) is 0 Å². The standard InChI is InChI=1S/C7H7NO2.ClH.H2N.Pt/c9-7(10)5-6-3-1-2-4-8-6;;;/h1-4H,5H2,(H,9,10);1H;1H2;/q;;-1;+2/p-1. The van der Waals surface area contributed by atoms with E-state index < -0.39 is 5.97 Å². The Bertz CT molecular complexity index is 233. The van der Waals surface area contributed by atoms with Crippen LogP contribution in [0.5, 0.6) is 0 Å². The Balaban J connectivity index is 0. The Morgan fingerprint density at radius 1 is 1.54 bits per heavy atom. The Hall–Kier alpha value is -0.442. The molecule has 76 valence electrons. The first kappa shape index (κ1) is 15.0. The SMILES string of the molecule is O=C(O)Cc1ccccn1.[Cl][Pt+].[NH2-]. The third-order valence-corrected chi connectivity index (χ3v) is 1.06. The molecule has 0 fully saturated rings. The van der Waals surface area contributed by atoms with E-state index in [0.717, 1.165) is 0 Å². The van der Waals surface area contributed by atoms with E-state index in [9.17, 15) is 4.79 Å². The topological polar surface area (TPSA) is 83.7 Å². The number of carboxylic acids is 1. The molecule has 1 aromatic rings. The first-order chi connectivity index (χ1) is 5.79. The maximum Gasteiger partial charge on any atom is -0.693 e. The maximum atomic E-state index is 10.1. The normalized spacial score (nSPS) is 7.62. The number of carboxylic acid groups (broad SMARTS) is 1. The van der Waals surface area contributed by atoms with Crippen molar-refractivity contribution in [2.75, 3.05) is 0 Å². The van der Waals surface area contributed by atoms with Crippen molar-refractivity contribution in [3.05, 3.63) is 36.2 Å². The third-order valence-electron chi connectivity index (χ3n) is 1.06. The molecular formula is C7H9ClN2O2Pt. The zero-order valence-electron chi connectivity index (χ0n) is 6.59. The van der Waals surface area contributed by atoms with Crippen LogP contribution in [0.1, 0.15) is 5.69 Å². The zero-order chi connectivity index (χ0) is 9.40. The third kappa shape index (κ3) is 7.90. The van der Waals surface area contributed by atoms with E-state index in [2.05, 4.69) is 14.4 Å². The van der Waals surface area contributed by atoms with Crippen molar-refractivity contribution < 1.29 is 28.7 Å². The fourth-order valence-corrected chi connectivity index (χ4v) is 0.658. The molecular weight excluding hydrogens is 375 g/mol. The summed E-state index contributed by atoms with van der Waals surface area (Å²) < 4.78 is 0. The van der Waals surface area contributed by atoms with Crippen LogP contribution in [0.3, 0.4) is 0 Å². The van der Waals surface area contributed by atoms with Crippen molar-refractivity contribution in [1.29, 1.82) is 0 Å². The van der Waals surface area contributed by atoms with E-state index in [1.54, 1.807) is 43.2 Å². The summed E-state index contributed by atoms with van der Waals surface area (Å²) in [6.07, 6.45) is 1.58. The van der Waals surface area contributed by atoms with Crippen LogP contribution in [0, 0.1) is 0 Å². The Morgan fingerprint density at radius 2 is 2.15 bits per heavy atom. The van der Waals surface area contributed by atoms with Crippen LogP contribution in [0.25, 0.3) is 6.15 Å². The molecule has 0 saturated heterocycles. The van der Waals surface area contributed by atoms with Gasteiger partial charge in [-0.2, -0.15) is 0 Å². The van der Waals surface area contributed by atoms with Gasteiger partial charge in [0.05, 0.1) is 12.1 Å². The summed E-state index contributed by atoms with van der Waals surface area (Å²) in [4.78, 5) is 14.0. The summed E-state index contributed by atoms with van der Waals surface area (Å²) in [5.41, 5.74) is 0.593. The molecule has 0 unspecified atom stereocenters. The fraction of sp³-hybridized carbons (Fsp3) is 0.143. The molecule has 0 amide bonds. The number of carbonyl (C=O) groups is 1. The molecule has 0 aliphatic carbocycles. The molecule has 13 heavy (non-hydrogen) atoms. The second-order valence-electron chi connectivity index (χ2n) is 1.89. The molecule has 0 aliphatic rings. The van der Waals surface area contributed by atoms with Crippen LogP contribution in [0.2, 0.25) is 0 Å². The number of aromatic nitrogens is 1. The zero-order valence-corrected chi connectivity index (χ0v) is 9.62. The van der Waals surface area contributed by atoms with Crippen LogP contribution in [0.4, 0.5) is 0 Å². The molecule has 0 atom stereocenters. The average molecular weight is 384 g/mol. The number of rotatable bonds is 2. The summed E-state index contributed by atoms with van der Waals surface area (Å²) in [6, 6.07) is 5.21. The van der Waals surface area contributed by atoms with Gasteiger partial charge in [-0.3, -0.25) is 9.78 Å². The maximum absolute atomic E-state index is 10.1. The average Bonchev–Trinajstić information content (AvgIpc) is 2.08. The molecule has 1 rings (SSSR count). The summed E-state index contributed by atoms with van der Waals surface area (Å²) in [6.45, 7) is 0. The number of pyridine rings is 1. The van der Waals surface area contributed by atoms with Crippen LogP contribution in [-0.4, -0.2) is 16.1 Å². The molecule has 0 radical (unpaired) electrons. The van der Waals surface area contributed by atoms with Crippen molar-refractivity contribution >= 4 is 15.4 Å². The summed E-state index contributed by atoms with van der Waals surface area (Å²) in [5.74, 6) is -0.848. The molecule has 0 aliphatic heterocycles. The molecule has 1 aromatic heterocycles. The molecule has 1 heterocycles. The number of hydrogen-bond donors (Lipinski definition) is 1. The van der Waals surface area contributed by atoms with E-state index >= 15 is 0 Å². The predicted octanol–water partition coefficient (Wildman–Crippen LogP) is 2.11. The molecule has 4 nitrogen and oxygen atoms in total. The van der Waals surface area contributed by atoms with Crippen LogP contribution < -0.4 is 0 Å². The van der Waals surface area contributed by atoms with Gasteiger partial charge in [-0.25, -0.2) is 0 Å². The number of aliphatic carboxylic acids is 1. The van der Waals surface area contributed by atoms with Gasteiger partial charge < -0.3 is 11.3 Å². The quantitative estimate of drug-likeness (QED) is 0.849. The minimum Gasteiger partial charge on any atom is -0.693 e. The molecule has 0 aromatic carbocycles. The van der Waals surface area contributed by atoms with Gasteiger partial charge in [-0.05, 0) is 12.1 Å². The van der Waals surface area contributed by atoms with Crippen LogP contribution in [-0.2, 0) is 30.0 Å². The Morgan fingerprint density at radius 3 is 2.54 bits per heavy atom. The molecule has 0 bridgehead atoms. The van der Waals surface area contributed by atoms with E-state index in [-0.39, 0.29) is 12.6 Å². The fourth-order valence-electron chi connectivity index (χ4n) is 0.658. The van der Waals surface area contributed by atoms with Gasteiger partial charge >= 0.3 is 34.2 Å². The van der Waals surface area contributed by atoms with Crippen LogP contribution >= 0.6 is 9.42 Å². The first-order valence-corrected chi connectivity index (χ1v) is 5.84. The van der Waals surface area contributed by atoms with Gasteiger partial charge in [0.1, 0.15) is 0 Å². The van der Waals surface area contributed by atoms with Gasteiger partial charge in [0.2, 0.25) is 0 Å². The predicted molar refractivity (Wildman–Crippen MR) is 46.7 cm³/mol. The van der Waals surface area contributed by atoms with Gasteiger partial charge in [0, 0.05) is 6.20 Å². The molecule has 3 N–H and O–H groups in total. The molecule has 6 heteroatoms. The Kier molecular flexibility index (Phi) is 11.2. The smallest absolute Gasteiger partial charge is 0.693 e. The monoisotopic (exact) mass is 383 g/mol. The van der Waals surface area contributed by atoms with Gasteiger partial charge in [0.15, 0.2) is 0 Å². The summed E-state index contributed by atoms with van der Waals surface area (Å²) in [7, 11) is 4.61. The van der Waals surface area contributed by atoms with Crippen molar-refractivity contribution in [2.45, 2.75) is 6.42 Å². The largest absolute Gasteiger partial charge is 0.693 e. The van der Waals surface area contributed by atoms with E-state index in [4.69, 9.17) is 5.11 Å². The van der Waals surface area contributed by atoms with Crippen molar-refractivity contribution in [3.63, 3.8) is 0 Å². The second-order valence-corrected chi connectivity index (χ2v) is 1.89.